The first-order chi connectivity index (χ1) is 16.0. The monoisotopic (exact) mass is 504 g/mol. The van der Waals surface area contributed by atoms with Gasteiger partial charge in [-0.25, -0.2) is 18.1 Å². The van der Waals surface area contributed by atoms with E-state index in [-0.39, 0.29) is 17.2 Å². The van der Waals surface area contributed by atoms with Crippen LogP contribution in [0.3, 0.4) is 0 Å². The molecule has 0 saturated heterocycles. The van der Waals surface area contributed by atoms with Crippen molar-refractivity contribution in [3.63, 3.8) is 0 Å². The molecule has 0 unspecified atom stereocenters. The summed E-state index contributed by atoms with van der Waals surface area (Å²) in [4.78, 5) is 4.48. The number of nitrogens with one attached hydrogen (secondary N) is 2. The van der Waals surface area contributed by atoms with Gasteiger partial charge in [0.15, 0.2) is 0 Å². The summed E-state index contributed by atoms with van der Waals surface area (Å²) in [5.41, 5.74) is 6.27. The number of sulfonamides is 1. The first kappa shape index (κ1) is 23.9. The summed E-state index contributed by atoms with van der Waals surface area (Å²) < 4.78 is 68.5. The van der Waals surface area contributed by atoms with E-state index in [1.54, 1.807) is 42.5 Å². The molecule has 0 radical (unpaired) electrons. The number of rotatable bonds is 7. The van der Waals surface area contributed by atoms with Crippen LogP contribution in [0.2, 0.25) is 0 Å². The van der Waals surface area contributed by atoms with E-state index in [0.717, 1.165) is 23.5 Å². The molecule has 0 aliphatic carbocycles. The Morgan fingerprint density at radius 2 is 1.79 bits per heavy atom. The molecule has 0 aliphatic rings. The second kappa shape index (κ2) is 9.16. The van der Waals surface area contributed by atoms with E-state index in [4.69, 9.17) is 11.1 Å². The molecule has 1 atom stereocenters. The molecule has 6 nitrogen and oxygen atoms in total. The first-order valence-electron chi connectivity index (χ1n) is 10.0. The van der Waals surface area contributed by atoms with Crippen molar-refractivity contribution in [2.45, 2.75) is 23.5 Å². The maximum atomic E-state index is 13.1. The SMILES string of the molecule is N=C(N)c1cccc(C[C@H](NS(=O)(=O)c2ccccc2)c2nc3ccc(C(F)(F)F)cc3s2)c1. The number of alkyl halides is 3. The van der Waals surface area contributed by atoms with Crippen LogP contribution >= 0.6 is 11.3 Å². The summed E-state index contributed by atoms with van der Waals surface area (Å²) in [6.07, 6.45) is -4.35. The normalized spacial score (nSPS) is 13.1. The van der Waals surface area contributed by atoms with Crippen molar-refractivity contribution in [2.24, 2.45) is 5.73 Å². The van der Waals surface area contributed by atoms with E-state index >= 15 is 0 Å². The number of thiazole rings is 1. The molecule has 4 aromatic rings. The molecule has 0 aliphatic heterocycles. The van der Waals surface area contributed by atoms with Gasteiger partial charge in [0.2, 0.25) is 10.0 Å². The van der Waals surface area contributed by atoms with Gasteiger partial charge in [0.05, 0.1) is 26.7 Å². The molecular weight excluding hydrogens is 485 g/mol. The highest BCUT2D eigenvalue weighted by Crippen LogP contribution is 2.35. The average Bonchev–Trinajstić information content (AvgIpc) is 3.22. The Hall–Kier alpha value is -3.28. The van der Waals surface area contributed by atoms with Gasteiger partial charge in [-0.15, -0.1) is 11.3 Å². The van der Waals surface area contributed by atoms with Crippen LogP contribution < -0.4 is 10.5 Å². The van der Waals surface area contributed by atoms with Crippen LogP contribution in [0.5, 0.6) is 0 Å². The second-order valence-electron chi connectivity index (χ2n) is 7.54. The lowest BCUT2D eigenvalue weighted by molar-refractivity contribution is -0.137. The van der Waals surface area contributed by atoms with Gasteiger partial charge in [-0.3, -0.25) is 5.41 Å². The van der Waals surface area contributed by atoms with Crippen LogP contribution in [-0.2, 0) is 22.6 Å². The highest BCUT2D eigenvalue weighted by Gasteiger charge is 2.31. The zero-order valence-corrected chi connectivity index (χ0v) is 19.1. The van der Waals surface area contributed by atoms with Crippen LogP contribution in [0, 0.1) is 5.41 Å². The number of hydrogen-bond acceptors (Lipinski definition) is 5. The van der Waals surface area contributed by atoms with Crippen molar-refractivity contribution in [1.29, 1.82) is 5.41 Å². The molecule has 0 amide bonds. The Labute approximate surface area is 197 Å². The van der Waals surface area contributed by atoms with Gasteiger partial charge in [0.1, 0.15) is 10.8 Å². The minimum atomic E-state index is -4.50. The van der Waals surface area contributed by atoms with E-state index in [9.17, 15) is 21.6 Å². The predicted octanol–water partition coefficient (Wildman–Crippen LogP) is 4.86. The molecular formula is C23H19F3N4O2S2. The molecule has 4 N–H and O–H groups in total. The Morgan fingerprint density at radius 1 is 1.06 bits per heavy atom. The lowest BCUT2D eigenvalue weighted by atomic mass is 10.0. The number of amidine groups is 1. The third-order valence-corrected chi connectivity index (χ3v) is 7.68. The maximum Gasteiger partial charge on any atom is 0.416 e. The smallest absolute Gasteiger partial charge is 0.384 e. The average molecular weight is 505 g/mol. The topological polar surface area (TPSA) is 109 Å². The molecule has 0 spiro atoms. The van der Waals surface area contributed by atoms with E-state index in [1.807, 2.05) is 0 Å². The number of aromatic nitrogens is 1. The quantitative estimate of drug-likeness (QED) is 0.247. The van der Waals surface area contributed by atoms with Crippen molar-refractivity contribution in [2.75, 3.05) is 0 Å². The van der Waals surface area contributed by atoms with Crippen LogP contribution in [-0.4, -0.2) is 19.2 Å². The fraction of sp³-hybridized carbons (Fsp3) is 0.130. The number of halogens is 3. The summed E-state index contributed by atoms with van der Waals surface area (Å²) in [5, 5.41) is 7.96. The van der Waals surface area contributed by atoms with Gasteiger partial charge < -0.3 is 5.73 Å². The zero-order chi connectivity index (χ0) is 24.5. The molecule has 1 heterocycles. The van der Waals surface area contributed by atoms with Gasteiger partial charge in [-0.1, -0.05) is 36.4 Å². The third-order valence-electron chi connectivity index (χ3n) is 5.06. The summed E-state index contributed by atoms with van der Waals surface area (Å²) in [6.45, 7) is 0. The number of nitrogens with two attached hydrogens (primary N) is 1. The number of fused-ring (bicyclic) bond motifs is 1. The summed E-state index contributed by atoms with van der Waals surface area (Å²) in [7, 11) is -3.95. The van der Waals surface area contributed by atoms with E-state index in [1.165, 1.54) is 18.2 Å². The lowest BCUT2D eigenvalue weighted by Crippen LogP contribution is -2.30. The number of nitrogen functional groups attached to an aromatic ring is 1. The fourth-order valence-electron chi connectivity index (χ4n) is 3.40. The lowest BCUT2D eigenvalue weighted by Gasteiger charge is -2.17. The molecule has 3 aromatic carbocycles. The Kier molecular flexibility index (Phi) is 6.43. The molecule has 4 rings (SSSR count). The summed E-state index contributed by atoms with van der Waals surface area (Å²) in [6, 6.07) is 16.9. The Balaban J connectivity index is 1.75. The minimum Gasteiger partial charge on any atom is -0.384 e. The van der Waals surface area contributed by atoms with Gasteiger partial charge in [-0.05, 0) is 48.4 Å². The van der Waals surface area contributed by atoms with Gasteiger partial charge in [-0.2, -0.15) is 13.2 Å². The van der Waals surface area contributed by atoms with E-state index in [0.29, 0.717) is 26.4 Å². The molecule has 176 valence electrons. The van der Waals surface area contributed by atoms with Gasteiger partial charge in [0.25, 0.3) is 0 Å². The standard InChI is InChI=1S/C23H19F3N4O2S2/c24-23(25,26)16-9-10-18-20(13-16)33-22(29-18)19(12-14-5-4-6-15(11-14)21(27)28)30-34(31,32)17-7-2-1-3-8-17/h1-11,13,19,30H,12H2,(H3,27,28)/t19-/m0/s1. The second-order valence-corrected chi connectivity index (χ2v) is 10.3. The van der Waals surface area contributed by atoms with E-state index in [2.05, 4.69) is 9.71 Å². The van der Waals surface area contributed by atoms with Crippen LogP contribution in [0.15, 0.2) is 77.7 Å². The van der Waals surface area contributed by atoms with Gasteiger partial charge >= 0.3 is 6.18 Å². The Bertz CT molecular complexity index is 1450. The minimum absolute atomic E-state index is 0.0537. The first-order valence-corrected chi connectivity index (χ1v) is 12.3. The molecule has 0 fully saturated rings. The summed E-state index contributed by atoms with van der Waals surface area (Å²) in [5.74, 6) is -0.136. The van der Waals surface area contributed by atoms with Crippen molar-refractivity contribution in [1.82, 2.24) is 9.71 Å². The number of benzene rings is 3. The molecule has 1 aromatic heterocycles. The van der Waals surface area contributed by atoms with Crippen molar-refractivity contribution < 1.29 is 21.6 Å². The van der Waals surface area contributed by atoms with Crippen LogP contribution in [0.1, 0.15) is 27.7 Å². The van der Waals surface area contributed by atoms with Crippen molar-refractivity contribution in [3.8, 4) is 0 Å². The summed E-state index contributed by atoms with van der Waals surface area (Å²) >= 11 is 0.996. The molecule has 34 heavy (non-hydrogen) atoms. The zero-order valence-electron chi connectivity index (χ0n) is 17.5. The van der Waals surface area contributed by atoms with Gasteiger partial charge in [0, 0.05) is 5.56 Å². The number of nitrogens with zero attached hydrogens (tertiary/aromatic N) is 1. The van der Waals surface area contributed by atoms with Crippen LogP contribution in [0.25, 0.3) is 10.2 Å². The maximum absolute atomic E-state index is 13.1. The fourth-order valence-corrected chi connectivity index (χ4v) is 5.76. The van der Waals surface area contributed by atoms with Crippen LogP contribution in [0.4, 0.5) is 13.2 Å². The Morgan fingerprint density at radius 3 is 2.47 bits per heavy atom. The van der Waals surface area contributed by atoms with Crippen molar-refractivity contribution in [3.05, 3.63) is 94.5 Å². The third kappa shape index (κ3) is 5.27. The predicted molar refractivity (Wildman–Crippen MR) is 125 cm³/mol. The largest absolute Gasteiger partial charge is 0.416 e. The van der Waals surface area contributed by atoms with E-state index < -0.39 is 27.8 Å². The number of hydrogen-bond donors (Lipinski definition) is 3. The molecule has 0 bridgehead atoms. The molecule has 11 heteroatoms. The highest BCUT2D eigenvalue weighted by atomic mass is 32.2. The van der Waals surface area contributed by atoms with Crippen molar-refractivity contribution >= 4 is 37.4 Å². The molecule has 0 saturated carbocycles. The highest BCUT2D eigenvalue weighted by molar-refractivity contribution is 7.89.